The molecule has 4 aromatic carbocycles. The molecule has 4 aromatic rings. The maximum atomic E-state index is 14.7. The fraction of sp³-hybridized carbons (Fsp3) is 0.644. The van der Waals surface area contributed by atoms with E-state index in [9.17, 15) is 19.2 Å². The van der Waals surface area contributed by atoms with E-state index in [0.717, 1.165) is 66.9 Å². The topological polar surface area (TPSA) is 163 Å². The van der Waals surface area contributed by atoms with Crippen LogP contribution in [-0.2, 0) is 58.6 Å². The van der Waals surface area contributed by atoms with Crippen molar-refractivity contribution >= 4 is 50.4 Å². The van der Waals surface area contributed by atoms with Gasteiger partial charge in [-0.15, -0.1) is 0 Å². The standard InChI is InChI=1S/C90H141NO13Si2/c1-11-13-15-17-19-21-23-25-26-27-28-29-30-31-32-34-36-38-40-42-53-61-83(93)91-80(81(102-88(95)76-54-46-43-47-55-76)60-52-41-39-37-35-33-24-22-20-18-16-14-12-2)71-99-89-87(104-84(94)67-62-74(3)92)86(98-70-75-63-65-77(96-7)66-64-75)85(100-73-97-68-69-105(8,9)10)82(103-89)72-101-106(90(4,5)6,78-56-48-44-49-57-78)79-58-50-45-51-59-79/h25-26,43-52,54-60,63-66,80-82,85-87,89H,11-24,27-42,53,61-62,67-73H2,1-10H3,(H,91,93)/b26-25-,60-52+/t80-,81+,82+,85-,86-,87+,89+/m0/s1. The lowest BCUT2D eigenvalue weighted by Crippen LogP contribution is -2.68. The van der Waals surface area contributed by atoms with Gasteiger partial charge in [-0.3, -0.25) is 9.59 Å². The number of allylic oxidation sites excluding steroid dienone is 3. The molecule has 16 heteroatoms. The molecule has 5 rings (SSSR count). The third-order valence-electron chi connectivity index (χ3n) is 20.3. The van der Waals surface area contributed by atoms with Gasteiger partial charge in [0.15, 0.2) is 12.4 Å². The molecule has 7 atom stereocenters. The van der Waals surface area contributed by atoms with Crippen molar-refractivity contribution in [3.05, 3.63) is 151 Å². The lowest BCUT2D eigenvalue weighted by atomic mass is 9.98. The van der Waals surface area contributed by atoms with Gasteiger partial charge in [0.1, 0.15) is 42.7 Å². The molecule has 0 spiro atoms. The molecule has 0 radical (unpaired) electrons. The minimum Gasteiger partial charge on any atom is -0.497 e. The number of rotatable bonds is 60. The van der Waals surface area contributed by atoms with Crippen LogP contribution in [0.3, 0.4) is 0 Å². The minimum absolute atomic E-state index is 0.0307. The largest absolute Gasteiger partial charge is 0.497 e. The van der Waals surface area contributed by atoms with Crippen molar-refractivity contribution < 1.29 is 61.5 Å². The molecule has 0 saturated carbocycles. The fourth-order valence-corrected chi connectivity index (χ4v) is 19.2. The van der Waals surface area contributed by atoms with E-state index in [2.05, 4.69) is 102 Å². The van der Waals surface area contributed by atoms with Gasteiger partial charge in [-0.05, 0) is 109 Å². The number of amides is 1. The molecule has 106 heavy (non-hydrogen) atoms. The van der Waals surface area contributed by atoms with Crippen LogP contribution in [-0.4, -0.2) is 117 Å². The highest BCUT2D eigenvalue weighted by Gasteiger charge is 2.55. The summed E-state index contributed by atoms with van der Waals surface area (Å²) in [6.45, 7) is 19.6. The number of carbonyl (C=O) groups is 4. The first-order valence-electron chi connectivity index (χ1n) is 41.4. The molecule has 0 bridgehead atoms. The number of benzene rings is 4. The maximum Gasteiger partial charge on any atom is 0.338 e. The number of carbonyl (C=O) groups excluding carboxylic acids is 4. The number of methoxy groups -OCH3 is 1. The van der Waals surface area contributed by atoms with Crippen molar-refractivity contribution in [1.29, 1.82) is 0 Å². The van der Waals surface area contributed by atoms with E-state index in [1.54, 1.807) is 31.4 Å². The van der Waals surface area contributed by atoms with Gasteiger partial charge < -0.3 is 52.4 Å². The molecule has 0 unspecified atom stereocenters. The second-order valence-electron chi connectivity index (χ2n) is 31.7. The summed E-state index contributed by atoms with van der Waals surface area (Å²) in [5.41, 5.74) is 1.16. The van der Waals surface area contributed by atoms with Gasteiger partial charge in [0.05, 0.1) is 45.0 Å². The molecule has 1 amide bonds. The zero-order chi connectivity index (χ0) is 76.4. The molecule has 592 valence electrons. The second kappa shape index (κ2) is 54.1. The van der Waals surface area contributed by atoms with E-state index in [4.69, 9.17) is 42.3 Å². The Kier molecular flexibility index (Phi) is 46.5. The molecule has 14 nitrogen and oxygen atoms in total. The highest BCUT2D eigenvalue weighted by molar-refractivity contribution is 6.99. The highest BCUT2D eigenvalue weighted by Crippen LogP contribution is 2.39. The fourth-order valence-electron chi connectivity index (χ4n) is 13.9. The molecular weight excluding hydrogens is 1360 g/mol. The molecule has 1 N–H and O–H groups in total. The monoisotopic (exact) mass is 1500 g/mol. The molecule has 0 aromatic heterocycles. The summed E-state index contributed by atoms with van der Waals surface area (Å²) in [6, 6.07) is 37.1. The number of ether oxygens (including phenoxy) is 8. The van der Waals surface area contributed by atoms with Crippen LogP contribution < -0.4 is 20.4 Å². The van der Waals surface area contributed by atoms with Gasteiger partial charge in [0.25, 0.3) is 8.32 Å². The summed E-state index contributed by atoms with van der Waals surface area (Å²) in [4.78, 5) is 56.1. The first kappa shape index (κ1) is 91.0. The number of nitrogens with one attached hydrogen (secondary N) is 1. The second-order valence-corrected chi connectivity index (χ2v) is 41.6. The highest BCUT2D eigenvalue weighted by atomic mass is 28.4. The Morgan fingerprint density at radius 1 is 0.547 bits per heavy atom. The van der Waals surface area contributed by atoms with Crippen molar-refractivity contribution in [1.82, 2.24) is 5.32 Å². The Balaban J connectivity index is 1.48. The Bertz CT molecular complexity index is 2950. The zero-order valence-electron chi connectivity index (χ0n) is 67.4. The van der Waals surface area contributed by atoms with Gasteiger partial charge in [0.2, 0.25) is 5.91 Å². The zero-order valence-corrected chi connectivity index (χ0v) is 69.4. The van der Waals surface area contributed by atoms with Crippen LogP contribution in [0.4, 0.5) is 0 Å². The Hall–Kier alpha value is -5.57. The first-order chi connectivity index (χ1) is 51.4. The summed E-state index contributed by atoms with van der Waals surface area (Å²) in [6.07, 6.45) is 39.1. The van der Waals surface area contributed by atoms with Gasteiger partial charge >= 0.3 is 11.9 Å². The third-order valence-corrected chi connectivity index (χ3v) is 27.0. The minimum atomic E-state index is -3.28. The van der Waals surface area contributed by atoms with Gasteiger partial charge in [0, 0.05) is 27.5 Å². The van der Waals surface area contributed by atoms with Crippen molar-refractivity contribution in [3.63, 3.8) is 0 Å². The molecule has 1 fully saturated rings. The summed E-state index contributed by atoms with van der Waals surface area (Å²) < 4.78 is 61.1. The van der Waals surface area contributed by atoms with Crippen molar-refractivity contribution in [3.8, 4) is 5.75 Å². The molecular formula is C90H141NO13Si2. The lowest BCUT2D eigenvalue weighted by molar-refractivity contribution is -0.325. The summed E-state index contributed by atoms with van der Waals surface area (Å²) in [5.74, 6) is -0.944. The number of hydrogen-bond acceptors (Lipinski definition) is 13. The predicted octanol–water partition coefficient (Wildman–Crippen LogP) is 21.2. The van der Waals surface area contributed by atoms with E-state index < -0.39 is 76.2 Å². The van der Waals surface area contributed by atoms with Crippen LogP contribution in [0.1, 0.15) is 276 Å². The van der Waals surface area contributed by atoms with Crippen LogP contribution in [0.2, 0.25) is 30.7 Å². The maximum absolute atomic E-state index is 14.7. The van der Waals surface area contributed by atoms with E-state index in [1.807, 2.05) is 72.8 Å². The quantitative estimate of drug-likeness (QED) is 0.0146. The Labute approximate surface area is 643 Å². The number of Topliss-reactive ketones (excluding diaryl/α,β-unsaturated/α-hetero) is 1. The van der Waals surface area contributed by atoms with E-state index >= 15 is 0 Å². The third kappa shape index (κ3) is 36.8. The van der Waals surface area contributed by atoms with Crippen molar-refractivity contribution in [2.75, 3.05) is 33.7 Å². The Morgan fingerprint density at radius 2 is 1.04 bits per heavy atom. The average molecular weight is 1500 g/mol. The van der Waals surface area contributed by atoms with E-state index in [-0.39, 0.29) is 57.6 Å². The SMILES string of the molecule is CCCCCCCC/C=C\CCCCCCCCCCCCCC(=O)N[C@@H](CO[C@@H]1O[C@H](CO[Si](c2ccccc2)(c2ccccc2)C(C)(C)C)[C@H](OCOCC[Si](C)(C)C)[C@H](OCc2ccc(OC)cc2)[C@H]1OC(=O)CCC(C)=O)[C@@H](/C=C/CCCCCCCCCCCCC)OC(=O)c1ccccc1. The Morgan fingerprint density at radius 3 is 1.53 bits per heavy atom. The molecule has 1 aliphatic rings. The van der Waals surface area contributed by atoms with Crippen molar-refractivity contribution in [2.24, 2.45) is 0 Å². The van der Waals surface area contributed by atoms with Crippen LogP contribution in [0, 0.1) is 0 Å². The number of unbranched alkanes of at least 4 members (excludes halogenated alkanes) is 28. The smallest absolute Gasteiger partial charge is 0.338 e. The predicted molar refractivity (Wildman–Crippen MR) is 438 cm³/mol. The summed E-state index contributed by atoms with van der Waals surface area (Å²) >= 11 is 0. The number of hydrogen-bond donors (Lipinski definition) is 1. The van der Waals surface area contributed by atoms with E-state index in [1.165, 1.54) is 155 Å². The lowest BCUT2D eigenvalue weighted by Gasteiger charge is -2.48. The van der Waals surface area contributed by atoms with Crippen molar-refractivity contribution in [2.45, 2.75) is 340 Å². The first-order valence-corrected chi connectivity index (χ1v) is 47.0. The van der Waals surface area contributed by atoms with Gasteiger partial charge in [-0.2, -0.15) is 0 Å². The average Bonchev–Trinajstić information content (AvgIpc) is 0.779. The molecule has 1 heterocycles. The number of ketones is 1. The van der Waals surface area contributed by atoms with Crippen LogP contribution >= 0.6 is 0 Å². The molecule has 1 aliphatic heterocycles. The summed E-state index contributed by atoms with van der Waals surface area (Å²) in [7, 11) is -3.19. The molecule has 0 aliphatic carbocycles. The van der Waals surface area contributed by atoms with Gasteiger partial charge in [-0.25, -0.2) is 4.79 Å². The summed E-state index contributed by atoms with van der Waals surface area (Å²) in [5, 5.41) is 4.99. The normalized spacial score (nSPS) is 17.0. The number of esters is 2. The van der Waals surface area contributed by atoms with Crippen LogP contribution in [0.25, 0.3) is 0 Å². The van der Waals surface area contributed by atoms with Crippen LogP contribution in [0.15, 0.2) is 140 Å². The van der Waals surface area contributed by atoms with Gasteiger partial charge in [-0.1, -0.05) is 318 Å². The van der Waals surface area contributed by atoms with Crippen LogP contribution in [0.5, 0.6) is 5.75 Å². The van der Waals surface area contributed by atoms with E-state index in [0.29, 0.717) is 24.3 Å². The molecule has 1 saturated heterocycles.